The third-order valence-electron chi connectivity index (χ3n) is 4.07. The highest BCUT2D eigenvalue weighted by Crippen LogP contribution is 2.35. The molecule has 1 N–H and O–H groups in total. The number of carbonyl (C=O) groups is 1. The van der Waals surface area contributed by atoms with Gasteiger partial charge in [-0.2, -0.15) is 0 Å². The number of rotatable bonds is 4. The molecule has 5 nitrogen and oxygen atoms in total. The molecule has 110 valence electrons. The van der Waals surface area contributed by atoms with E-state index in [2.05, 4.69) is 28.3 Å². The van der Waals surface area contributed by atoms with Crippen LogP contribution in [0.15, 0.2) is 47.3 Å². The topological polar surface area (TPSA) is 58.4 Å². The number of pyridine rings is 1. The fourth-order valence-corrected chi connectivity index (χ4v) is 3.04. The van der Waals surface area contributed by atoms with Crippen LogP contribution in [-0.4, -0.2) is 35.9 Å². The predicted octanol–water partition coefficient (Wildman–Crippen LogP) is 2.10. The lowest BCUT2D eigenvalue weighted by Gasteiger charge is -2.25. The Morgan fingerprint density at radius 2 is 2.38 bits per heavy atom. The summed E-state index contributed by atoms with van der Waals surface area (Å²) in [6, 6.07) is 7.75. The summed E-state index contributed by atoms with van der Waals surface area (Å²) in [5.41, 5.74) is 1.20. The van der Waals surface area contributed by atoms with Crippen LogP contribution in [0.3, 0.4) is 0 Å². The molecule has 0 aromatic carbocycles. The maximum atomic E-state index is 12.0. The van der Waals surface area contributed by atoms with Crippen molar-refractivity contribution in [3.05, 3.63) is 54.2 Å². The zero-order valence-corrected chi connectivity index (χ0v) is 12.0. The minimum atomic E-state index is -0.153. The Morgan fingerprint density at radius 1 is 1.48 bits per heavy atom. The van der Waals surface area contributed by atoms with Gasteiger partial charge < -0.3 is 9.73 Å². The van der Waals surface area contributed by atoms with Crippen molar-refractivity contribution in [3.63, 3.8) is 0 Å². The third-order valence-corrected chi connectivity index (χ3v) is 4.07. The summed E-state index contributed by atoms with van der Waals surface area (Å²) in [6.07, 6.45) is 6.27. The van der Waals surface area contributed by atoms with Gasteiger partial charge in [0.2, 0.25) is 0 Å². The first-order valence-electron chi connectivity index (χ1n) is 7.17. The maximum absolute atomic E-state index is 12.0. The fraction of sp³-hybridized carbons (Fsp3) is 0.375. The normalized spacial score (nSPS) is 22.3. The number of hydrogen-bond acceptors (Lipinski definition) is 4. The Kier molecular flexibility index (Phi) is 4.01. The van der Waals surface area contributed by atoms with E-state index in [4.69, 9.17) is 4.42 Å². The molecule has 0 saturated carbocycles. The standard InChI is InChI=1S/C16H19N3O2/c1-19-8-6-13(15(19)12-4-2-7-17-10-12)11-18-16(20)14-5-3-9-21-14/h2-5,7,9-10,13,15H,6,8,11H2,1H3,(H,18,20)/t13-,15-/m0/s1. The van der Waals surface area contributed by atoms with Crippen molar-refractivity contribution in [2.24, 2.45) is 5.92 Å². The van der Waals surface area contributed by atoms with Crippen LogP contribution in [0.4, 0.5) is 0 Å². The quantitative estimate of drug-likeness (QED) is 0.934. The van der Waals surface area contributed by atoms with E-state index >= 15 is 0 Å². The first kappa shape index (κ1) is 13.8. The van der Waals surface area contributed by atoms with Crippen molar-refractivity contribution in [2.75, 3.05) is 20.1 Å². The van der Waals surface area contributed by atoms with Gasteiger partial charge in [-0.25, -0.2) is 0 Å². The molecule has 2 aromatic rings. The van der Waals surface area contributed by atoms with Crippen molar-refractivity contribution in [2.45, 2.75) is 12.5 Å². The number of furan rings is 1. The first-order valence-corrected chi connectivity index (χ1v) is 7.17. The second-order valence-corrected chi connectivity index (χ2v) is 5.45. The molecule has 1 fully saturated rings. The van der Waals surface area contributed by atoms with Gasteiger partial charge in [0.25, 0.3) is 5.91 Å². The van der Waals surface area contributed by atoms with Crippen LogP contribution in [-0.2, 0) is 0 Å². The number of amides is 1. The van der Waals surface area contributed by atoms with Crippen LogP contribution in [0, 0.1) is 5.92 Å². The van der Waals surface area contributed by atoms with Crippen molar-refractivity contribution >= 4 is 5.91 Å². The average molecular weight is 285 g/mol. The molecular formula is C16H19N3O2. The summed E-state index contributed by atoms with van der Waals surface area (Å²) >= 11 is 0. The lowest BCUT2D eigenvalue weighted by molar-refractivity contribution is 0.0916. The van der Waals surface area contributed by atoms with E-state index in [1.807, 2.05) is 12.3 Å². The summed E-state index contributed by atoms with van der Waals surface area (Å²) in [6.45, 7) is 1.67. The zero-order chi connectivity index (χ0) is 14.7. The van der Waals surface area contributed by atoms with E-state index in [1.165, 1.54) is 11.8 Å². The highest BCUT2D eigenvalue weighted by Gasteiger charge is 2.33. The molecule has 1 aliphatic rings. The highest BCUT2D eigenvalue weighted by molar-refractivity contribution is 5.91. The molecule has 1 amide bonds. The molecule has 2 atom stereocenters. The lowest BCUT2D eigenvalue weighted by atomic mass is 9.95. The van der Waals surface area contributed by atoms with Crippen molar-refractivity contribution in [1.82, 2.24) is 15.2 Å². The predicted molar refractivity (Wildman–Crippen MR) is 78.8 cm³/mol. The molecule has 1 aliphatic heterocycles. The Bertz CT molecular complexity index is 583. The minimum absolute atomic E-state index is 0.153. The maximum Gasteiger partial charge on any atom is 0.286 e. The smallest absolute Gasteiger partial charge is 0.286 e. The SMILES string of the molecule is CN1CC[C@@H](CNC(=O)c2ccco2)[C@@H]1c1cccnc1. The molecule has 2 aromatic heterocycles. The van der Waals surface area contributed by atoms with Crippen molar-refractivity contribution in [1.29, 1.82) is 0 Å². The van der Waals surface area contributed by atoms with Gasteiger partial charge in [-0.3, -0.25) is 14.7 Å². The molecule has 0 radical (unpaired) electrons. The van der Waals surface area contributed by atoms with E-state index in [0.717, 1.165) is 13.0 Å². The van der Waals surface area contributed by atoms with E-state index in [9.17, 15) is 4.79 Å². The summed E-state index contributed by atoms with van der Waals surface area (Å²) in [5.74, 6) is 0.594. The summed E-state index contributed by atoms with van der Waals surface area (Å²) in [5, 5.41) is 2.97. The van der Waals surface area contributed by atoms with Crippen molar-refractivity contribution in [3.8, 4) is 0 Å². The van der Waals surface area contributed by atoms with E-state index in [-0.39, 0.29) is 5.91 Å². The Morgan fingerprint density at radius 3 is 3.10 bits per heavy atom. The fourth-order valence-electron chi connectivity index (χ4n) is 3.04. The Labute approximate surface area is 124 Å². The van der Waals surface area contributed by atoms with Gasteiger partial charge in [0.1, 0.15) is 0 Å². The molecule has 3 heterocycles. The minimum Gasteiger partial charge on any atom is -0.459 e. The van der Waals surface area contributed by atoms with Gasteiger partial charge in [0.15, 0.2) is 5.76 Å². The molecule has 0 spiro atoms. The lowest BCUT2D eigenvalue weighted by Crippen LogP contribution is -2.32. The molecule has 21 heavy (non-hydrogen) atoms. The number of likely N-dealkylation sites (tertiary alicyclic amines) is 1. The average Bonchev–Trinajstić information content (AvgIpc) is 3.15. The summed E-state index contributed by atoms with van der Waals surface area (Å²) < 4.78 is 5.11. The highest BCUT2D eigenvalue weighted by atomic mass is 16.3. The van der Waals surface area contributed by atoms with Crippen LogP contribution in [0.5, 0.6) is 0 Å². The molecule has 0 unspecified atom stereocenters. The molecule has 0 bridgehead atoms. The van der Waals surface area contributed by atoms with Crippen LogP contribution < -0.4 is 5.32 Å². The summed E-state index contributed by atoms with van der Waals surface area (Å²) in [4.78, 5) is 18.5. The molecule has 0 aliphatic carbocycles. The molecule has 5 heteroatoms. The van der Waals surface area contributed by atoms with Gasteiger partial charge in [0.05, 0.1) is 6.26 Å². The number of carbonyl (C=O) groups excluding carboxylic acids is 1. The van der Waals surface area contributed by atoms with Crippen LogP contribution >= 0.6 is 0 Å². The molecule has 1 saturated heterocycles. The molecular weight excluding hydrogens is 266 g/mol. The van der Waals surface area contributed by atoms with E-state index in [0.29, 0.717) is 24.3 Å². The number of hydrogen-bond donors (Lipinski definition) is 1. The Hall–Kier alpha value is -2.14. The summed E-state index contributed by atoms with van der Waals surface area (Å²) in [7, 11) is 2.12. The van der Waals surface area contributed by atoms with Gasteiger partial charge in [-0.05, 0) is 49.7 Å². The van der Waals surface area contributed by atoms with E-state index < -0.39 is 0 Å². The Balaban J connectivity index is 1.66. The van der Waals surface area contributed by atoms with Crippen molar-refractivity contribution < 1.29 is 9.21 Å². The van der Waals surface area contributed by atoms with Crippen LogP contribution in [0.1, 0.15) is 28.6 Å². The number of aromatic nitrogens is 1. The van der Waals surface area contributed by atoms with E-state index in [1.54, 1.807) is 18.3 Å². The second kappa shape index (κ2) is 6.10. The zero-order valence-electron chi connectivity index (χ0n) is 12.0. The van der Waals surface area contributed by atoms with Gasteiger partial charge in [-0.1, -0.05) is 6.07 Å². The number of nitrogens with one attached hydrogen (secondary N) is 1. The van der Waals surface area contributed by atoms with Crippen LogP contribution in [0.25, 0.3) is 0 Å². The second-order valence-electron chi connectivity index (χ2n) is 5.45. The third kappa shape index (κ3) is 2.97. The monoisotopic (exact) mass is 285 g/mol. The number of nitrogens with zero attached hydrogens (tertiary/aromatic N) is 2. The van der Waals surface area contributed by atoms with Crippen LogP contribution in [0.2, 0.25) is 0 Å². The van der Waals surface area contributed by atoms with Gasteiger partial charge in [0, 0.05) is 25.0 Å². The van der Waals surface area contributed by atoms with Gasteiger partial charge in [-0.15, -0.1) is 0 Å². The van der Waals surface area contributed by atoms with Gasteiger partial charge >= 0.3 is 0 Å². The largest absolute Gasteiger partial charge is 0.459 e. The molecule has 3 rings (SSSR count). The first-order chi connectivity index (χ1) is 10.3.